The van der Waals surface area contributed by atoms with Gasteiger partial charge in [-0.2, -0.15) is 0 Å². The van der Waals surface area contributed by atoms with Crippen molar-refractivity contribution >= 4 is 11.4 Å². The first kappa shape index (κ1) is 29.1. The Balaban J connectivity index is 0.00000129. The van der Waals surface area contributed by atoms with Gasteiger partial charge in [0, 0.05) is 33.8 Å². The van der Waals surface area contributed by atoms with Gasteiger partial charge in [-0.1, -0.05) is 91.8 Å². The smallest absolute Gasteiger partial charge is 0.0195 e. The summed E-state index contributed by atoms with van der Waals surface area (Å²) in [5.74, 6) is 3.92. The molecule has 183 valence electrons. The van der Waals surface area contributed by atoms with E-state index in [2.05, 4.69) is 121 Å². The number of para-hydroxylation sites is 2. The number of benzene rings is 2. The number of nitrogens with zero attached hydrogens (tertiary/aromatic N) is 2. The number of rotatable bonds is 6. The van der Waals surface area contributed by atoms with Crippen molar-refractivity contribution in [1.82, 2.24) is 0 Å². The molecule has 0 aromatic heterocycles. The van der Waals surface area contributed by atoms with Crippen LogP contribution in [-0.2, 0) is 22.4 Å². The average molecular weight is 626 g/mol. The van der Waals surface area contributed by atoms with Gasteiger partial charge in [0.2, 0.25) is 0 Å². The Kier molecular flexibility index (Phi) is 11.5. The molecule has 1 heterocycles. The topological polar surface area (TPSA) is 6.48 Å². The molecule has 2 aromatic carbocycles. The summed E-state index contributed by atoms with van der Waals surface area (Å²) < 4.78 is 0. The SMILES string of the molecule is CC(C)c1cccc(C(C)C)c1N1C=CN(c2c(C(C)C)cccc2C(C)C)[CH-]1.[Au].[C-]#CC. The van der Waals surface area contributed by atoms with E-state index in [4.69, 9.17) is 6.42 Å². The van der Waals surface area contributed by atoms with Gasteiger partial charge >= 0.3 is 0 Å². The maximum Gasteiger partial charge on any atom is 0.0195 e. The Bertz CT molecular complexity index is 840. The fraction of sp³-hybridized carbons (Fsp3) is 0.433. The molecule has 0 amide bonds. The molecule has 33 heavy (non-hydrogen) atoms. The standard InChI is InChI=1S/C27H37N2.C3H3.Au/c1-18(2)22-11-9-12-23(19(3)4)26(22)28-15-16-29(17-28)27-24(20(5)6)13-10-14-25(27)21(7)8;1-3-2;/h9-21H,1-8H3;1H3;/q2*-1;. The zero-order chi connectivity index (χ0) is 24.0. The summed E-state index contributed by atoms with van der Waals surface area (Å²) in [7, 11) is 0. The summed E-state index contributed by atoms with van der Waals surface area (Å²) in [5, 5.41) is 0. The van der Waals surface area contributed by atoms with Crippen LogP contribution in [0, 0.1) is 19.0 Å². The molecular formula is C30H40AuN2-2. The van der Waals surface area contributed by atoms with Crippen molar-refractivity contribution in [2.45, 2.75) is 86.0 Å². The van der Waals surface area contributed by atoms with Crippen LogP contribution in [0.5, 0.6) is 0 Å². The maximum atomic E-state index is 5.96. The van der Waals surface area contributed by atoms with E-state index in [1.54, 1.807) is 6.92 Å². The summed E-state index contributed by atoms with van der Waals surface area (Å²) in [5.41, 5.74) is 8.29. The van der Waals surface area contributed by atoms with Crippen molar-refractivity contribution in [3.63, 3.8) is 0 Å². The van der Waals surface area contributed by atoms with E-state index in [1.165, 1.54) is 33.6 Å². The molecule has 0 fully saturated rings. The Morgan fingerprint density at radius 3 is 1.09 bits per heavy atom. The van der Waals surface area contributed by atoms with Crippen LogP contribution < -0.4 is 9.80 Å². The Morgan fingerprint density at radius 2 is 0.879 bits per heavy atom. The van der Waals surface area contributed by atoms with Crippen molar-refractivity contribution in [1.29, 1.82) is 0 Å². The molecule has 0 atom stereocenters. The van der Waals surface area contributed by atoms with Gasteiger partial charge in [0.05, 0.1) is 0 Å². The number of hydrogen-bond acceptors (Lipinski definition) is 2. The van der Waals surface area contributed by atoms with Gasteiger partial charge in [-0.15, -0.1) is 6.67 Å². The first-order valence-corrected chi connectivity index (χ1v) is 11.8. The molecule has 0 saturated carbocycles. The summed E-state index contributed by atoms with van der Waals surface area (Å²) in [6, 6.07) is 13.5. The maximum absolute atomic E-state index is 5.96. The van der Waals surface area contributed by atoms with E-state index in [-0.39, 0.29) is 22.4 Å². The Hall–Kier alpha value is -1.92. The molecule has 0 saturated heterocycles. The Morgan fingerprint density at radius 1 is 0.636 bits per heavy atom. The van der Waals surface area contributed by atoms with Crippen molar-refractivity contribution in [3.05, 3.63) is 84.1 Å². The predicted molar refractivity (Wildman–Crippen MR) is 140 cm³/mol. The van der Waals surface area contributed by atoms with E-state index < -0.39 is 0 Å². The third-order valence-corrected chi connectivity index (χ3v) is 5.84. The second-order valence-electron chi connectivity index (χ2n) is 9.67. The summed E-state index contributed by atoms with van der Waals surface area (Å²) in [6.45, 7) is 22.1. The molecule has 0 bridgehead atoms. The largest absolute Gasteiger partial charge is 0.694 e. The third-order valence-electron chi connectivity index (χ3n) is 5.84. The third kappa shape index (κ3) is 6.80. The minimum atomic E-state index is 0. The molecule has 2 nitrogen and oxygen atoms in total. The van der Waals surface area contributed by atoms with Gasteiger partial charge in [0.15, 0.2) is 0 Å². The number of anilines is 2. The van der Waals surface area contributed by atoms with Crippen LogP contribution in [0.4, 0.5) is 11.4 Å². The van der Waals surface area contributed by atoms with Gasteiger partial charge in [0.1, 0.15) is 0 Å². The van der Waals surface area contributed by atoms with E-state index in [0.29, 0.717) is 23.7 Å². The predicted octanol–water partition coefficient (Wildman–Crippen LogP) is 8.69. The van der Waals surface area contributed by atoms with Crippen molar-refractivity contribution in [2.24, 2.45) is 0 Å². The van der Waals surface area contributed by atoms with E-state index >= 15 is 0 Å². The second kappa shape index (κ2) is 13.1. The van der Waals surface area contributed by atoms with Gasteiger partial charge in [0.25, 0.3) is 0 Å². The molecule has 0 aliphatic carbocycles. The molecule has 1 radical (unpaired) electrons. The van der Waals surface area contributed by atoms with Crippen LogP contribution >= 0.6 is 0 Å². The minimum absolute atomic E-state index is 0. The monoisotopic (exact) mass is 625 g/mol. The molecule has 1 aliphatic heterocycles. The molecular weight excluding hydrogens is 585 g/mol. The first-order valence-electron chi connectivity index (χ1n) is 11.8. The van der Waals surface area contributed by atoms with Crippen LogP contribution in [0.2, 0.25) is 0 Å². The molecule has 3 heteroatoms. The number of hydrogen-bond donors (Lipinski definition) is 0. The quantitative estimate of drug-likeness (QED) is 0.180. The second-order valence-corrected chi connectivity index (χ2v) is 9.67. The van der Waals surface area contributed by atoms with Gasteiger partial charge < -0.3 is 22.1 Å². The normalized spacial score (nSPS) is 12.8. The van der Waals surface area contributed by atoms with Gasteiger partial charge in [-0.25, -0.2) is 0 Å². The van der Waals surface area contributed by atoms with Crippen LogP contribution in [0.3, 0.4) is 0 Å². The summed E-state index contributed by atoms with van der Waals surface area (Å²) >= 11 is 0. The van der Waals surface area contributed by atoms with Crippen LogP contribution in [0.1, 0.15) is 108 Å². The van der Waals surface area contributed by atoms with E-state index in [1.807, 2.05) is 5.92 Å². The molecule has 3 rings (SSSR count). The summed E-state index contributed by atoms with van der Waals surface area (Å²) in [6.07, 6.45) is 10.4. The fourth-order valence-electron chi connectivity index (χ4n) is 4.24. The molecule has 0 unspecified atom stereocenters. The van der Waals surface area contributed by atoms with Crippen LogP contribution in [0.25, 0.3) is 0 Å². The molecule has 2 aromatic rings. The fourth-order valence-corrected chi connectivity index (χ4v) is 4.24. The molecule has 0 N–H and O–H groups in total. The Labute approximate surface area is 219 Å². The molecule has 0 spiro atoms. The zero-order valence-electron chi connectivity index (χ0n) is 21.7. The first-order chi connectivity index (χ1) is 15.1. The van der Waals surface area contributed by atoms with Crippen LogP contribution in [-0.4, -0.2) is 0 Å². The average Bonchev–Trinajstić information content (AvgIpc) is 3.22. The van der Waals surface area contributed by atoms with E-state index in [0.717, 1.165) is 0 Å². The van der Waals surface area contributed by atoms with Crippen molar-refractivity contribution in [2.75, 3.05) is 9.80 Å². The van der Waals surface area contributed by atoms with Crippen molar-refractivity contribution < 1.29 is 22.4 Å². The van der Waals surface area contributed by atoms with Crippen molar-refractivity contribution in [3.8, 4) is 5.92 Å². The zero-order valence-corrected chi connectivity index (χ0v) is 23.9. The van der Waals surface area contributed by atoms with Gasteiger partial charge in [-0.3, -0.25) is 0 Å². The van der Waals surface area contributed by atoms with Crippen LogP contribution in [0.15, 0.2) is 48.8 Å². The summed E-state index contributed by atoms with van der Waals surface area (Å²) in [4.78, 5) is 4.65. The molecule has 1 aliphatic rings. The minimum Gasteiger partial charge on any atom is -0.694 e. The van der Waals surface area contributed by atoms with E-state index in [9.17, 15) is 0 Å². The van der Waals surface area contributed by atoms with Gasteiger partial charge in [-0.05, 0) is 65.2 Å².